The highest BCUT2D eigenvalue weighted by Gasteiger charge is 2.38. The van der Waals surface area contributed by atoms with Crippen LogP contribution in [0.5, 0.6) is 5.75 Å². The largest absolute Gasteiger partial charge is 0.493 e. The molecule has 0 aromatic heterocycles. The van der Waals surface area contributed by atoms with Crippen molar-refractivity contribution in [3.8, 4) is 16.9 Å². The first-order valence-electron chi connectivity index (χ1n) is 9.43. The molecular formula is C23H27F2NO2. The van der Waals surface area contributed by atoms with Crippen molar-refractivity contribution in [1.29, 1.82) is 0 Å². The third kappa shape index (κ3) is 3.17. The molecule has 0 unspecified atom stereocenters. The van der Waals surface area contributed by atoms with E-state index >= 15 is 4.39 Å². The van der Waals surface area contributed by atoms with E-state index in [1.54, 1.807) is 0 Å². The second-order valence-corrected chi connectivity index (χ2v) is 8.89. The van der Waals surface area contributed by atoms with Gasteiger partial charge in [-0.05, 0) is 65.0 Å². The summed E-state index contributed by atoms with van der Waals surface area (Å²) in [6.45, 7) is 10.7. The van der Waals surface area contributed by atoms with Crippen LogP contribution in [0.2, 0.25) is 0 Å². The highest BCUT2D eigenvalue weighted by Crippen LogP contribution is 2.49. The molecule has 5 heteroatoms. The van der Waals surface area contributed by atoms with E-state index in [-0.39, 0.29) is 27.7 Å². The van der Waals surface area contributed by atoms with Crippen molar-refractivity contribution < 1.29 is 18.7 Å². The zero-order valence-corrected chi connectivity index (χ0v) is 17.3. The van der Waals surface area contributed by atoms with Gasteiger partial charge < -0.3 is 9.94 Å². The summed E-state index contributed by atoms with van der Waals surface area (Å²) in [4.78, 5) is 0. The van der Waals surface area contributed by atoms with E-state index in [1.165, 1.54) is 12.7 Å². The van der Waals surface area contributed by atoms with Gasteiger partial charge in [-0.25, -0.2) is 8.78 Å². The van der Waals surface area contributed by atoms with Crippen molar-refractivity contribution >= 4 is 6.21 Å². The Morgan fingerprint density at radius 2 is 1.61 bits per heavy atom. The van der Waals surface area contributed by atoms with Gasteiger partial charge in [-0.1, -0.05) is 38.9 Å². The molecule has 0 heterocycles. The van der Waals surface area contributed by atoms with E-state index in [2.05, 4.69) is 38.9 Å². The van der Waals surface area contributed by atoms with Gasteiger partial charge in [-0.15, -0.1) is 0 Å². The molecule has 0 atom stereocenters. The molecule has 3 rings (SSSR count). The number of methoxy groups -OCH3 is 1. The molecule has 0 saturated carbocycles. The van der Waals surface area contributed by atoms with E-state index in [9.17, 15) is 4.39 Å². The number of aryl methyl sites for hydroxylation is 1. The molecule has 1 aliphatic rings. The summed E-state index contributed by atoms with van der Waals surface area (Å²) < 4.78 is 35.1. The second kappa shape index (κ2) is 6.87. The van der Waals surface area contributed by atoms with Gasteiger partial charge in [0.2, 0.25) is 0 Å². The molecule has 0 fully saturated rings. The molecular weight excluding hydrogens is 360 g/mol. The number of ether oxygens (including phenoxy) is 1. The average Bonchev–Trinajstić information content (AvgIpc) is 2.62. The summed E-state index contributed by atoms with van der Waals surface area (Å²) in [5, 5.41) is 11.7. The molecule has 28 heavy (non-hydrogen) atoms. The minimum atomic E-state index is -0.703. The molecule has 0 aliphatic heterocycles. The Hall–Kier alpha value is -2.43. The standard InChI is InChI=1S/C23H27F2NO2/c1-13-9-16-17(23(4,5)8-7-22(16,2)3)11-15(13)19-20(25)14(12-26-27)10-18(24)21(19)28-6/h9-12,27H,7-8H2,1-6H3. The maximum Gasteiger partial charge on any atom is 0.166 e. The number of hydrogen-bond donors (Lipinski definition) is 1. The summed E-state index contributed by atoms with van der Waals surface area (Å²) in [6, 6.07) is 5.04. The predicted molar refractivity (Wildman–Crippen MR) is 108 cm³/mol. The van der Waals surface area contributed by atoms with Gasteiger partial charge in [0.1, 0.15) is 5.82 Å². The van der Waals surface area contributed by atoms with Crippen molar-refractivity contribution in [3.63, 3.8) is 0 Å². The van der Waals surface area contributed by atoms with Crippen LogP contribution < -0.4 is 4.74 Å². The van der Waals surface area contributed by atoms with Crippen molar-refractivity contribution in [2.75, 3.05) is 7.11 Å². The molecule has 150 valence electrons. The van der Waals surface area contributed by atoms with Gasteiger partial charge in [0.15, 0.2) is 11.6 Å². The van der Waals surface area contributed by atoms with E-state index < -0.39 is 11.6 Å². The summed E-state index contributed by atoms with van der Waals surface area (Å²) in [5.41, 5.74) is 3.70. The Balaban J connectivity index is 2.38. The molecule has 3 nitrogen and oxygen atoms in total. The highest BCUT2D eigenvalue weighted by atomic mass is 19.1. The normalized spacial score (nSPS) is 17.6. The van der Waals surface area contributed by atoms with Crippen molar-refractivity contribution in [2.45, 2.75) is 58.3 Å². The minimum absolute atomic E-state index is 0.0212. The maximum absolute atomic E-state index is 15.3. The quantitative estimate of drug-likeness (QED) is 0.392. The van der Waals surface area contributed by atoms with Gasteiger partial charge >= 0.3 is 0 Å². The topological polar surface area (TPSA) is 41.8 Å². The molecule has 0 radical (unpaired) electrons. The van der Waals surface area contributed by atoms with Crippen molar-refractivity contribution in [2.24, 2.45) is 5.16 Å². The zero-order valence-electron chi connectivity index (χ0n) is 17.3. The van der Waals surface area contributed by atoms with Crippen LogP contribution in [0.4, 0.5) is 8.78 Å². The van der Waals surface area contributed by atoms with Crippen LogP contribution in [0, 0.1) is 18.6 Å². The summed E-state index contributed by atoms with van der Waals surface area (Å²) >= 11 is 0. The third-order valence-corrected chi connectivity index (χ3v) is 6.07. The van der Waals surface area contributed by atoms with Crippen LogP contribution in [-0.2, 0) is 10.8 Å². The molecule has 1 aliphatic carbocycles. The monoisotopic (exact) mass is 387 g/mol. The summed E-state index contributed by atoms with van der Waals surface area (Å²) in [5.74, 6) is -1.53. The lowest BCUT2D eigenvalue weighted by Gasteiger charge is -2.42. The van der Waals surface area contributed by atoms with Gasteiger partial charge in [0, 0.05) is 5.56 Å². The van der Waals surface area contributed by atoms with Crippen molar-refractivity contribution in [3.05, 3.63) is 52.1 Å². The molecule has 0 bridgehead atoms. The Labute approximate surface area is 165 Å². The number of fused-ring (bicyclic) bond motifs is 1. The molecule has 2 aromatic rings. The van der Waals surface area contributed by atoms with Crippen LogP contribution in [0.3, 0.4) is 0 Å². The number of nitrogens with zero attached hydrogens (tertiary/aromatic N) is 1. The number of halogens is 2. The number of rotatable bonds is 3. The van der Waals surface area contributed by atoms with Crippen LogP contribution in [0.25, 0.3) is 11.1 Å². The first-order chi connectivity index (χ1) is 13.0. The lowest BCUT2D eigenvalue weighted by molar-refractivity contribution is 0.321. The third-order valence-electron chi connectivity index (χ3n) is 6.07. The lowest BCUT2D eigenvalue weighted by Crippen LogP contribution is -2.34. The number of hydrogen-bond acceptors (Lipinski definition) is 3. The first-order valence-corrected chi connectivity index (χ1v) is 9.43. The summed E-state index contributed by atoms with van der Waals surface area (Å²) in [7, 11) is 1.32. The first kappa shape index (κ1) is 20.3. The molecule has 0 saturated heterocycles. The van der Waals surface area contributed by atoms with Crippen LogP contribution in [0.15, 0.2) is 23.4 Å². The average molecular weight is 387 g/mol. The van der Waals surface area contributed by atoms with Gasteiger partial charge in [-0.3, -0.25) is 0 Å². The smallest absolute Gasteiger partial charge is 0.166 e. The Morgan fingerprint density at radius 1 is 1.04 bits per heavy atom. The van der Waals surface area contributed by atoms with Crippen molar-refractivity contribution in [1.82, 2.24) is 0 Å². The molecule has 2 aromatic carbocycles. The van der Waals surface area contributed by atoms with E-state index in [4.69, 9.17) is 9.94 Å². The Kier molecular flexibility index (Phi) is 4.98. The fourth-order valence-electron chi connectivity index (χ4n) is 4.22. The predicted octanol–water partition coefficient (Wildman–Crippen LogP) is 6.11. The lowest BCUT2D eigenvalue weighted by atomic mass is 9.62. The second-order valence-electron chi connectivity index (χ2n) is 8.89. The van der Waals surface area contributed by atoms with Gasteiger partial charge in [0.25, 0.3) is 0 Å². The SMILES string of the molecule is COc1c(F)cc(C=NO)c(F)c1-c1cc2c(cc1C)C(C)(C)CCC2(C)C. The van der Waals surface area contributed by atoms with Gasteiger partial charge in [0.05, 0.1) is 18.9 Å². The summed E-state index contributed by atoms with van der Waals surface area (Å²) in [6.07, 6.45) is 2.98. The fourth-order valence-corrected chi connectivity index (χ4v) is 4.22. The number of oxime groups is 1. The van der Waals surface area contributed by atoms with Gasteiger partial charge in [-0.2, -0.15) is 0 Å². The molecule has 0 spiro atoms. The minimum Gasteiger partial charge on any atom is -0.493 e. The highest BCUT2D eigenvalue weighted by molar-refractivity contribution is 5.86. The Morgan fingerprint density at radius 3 is 2.14 bits per heavy atom. The van der Waals surface area contributed by atoms with E-state index in [0.29, 0.717) is 5.56 Å². The molecule has 0 amide bonds. The van der Waals surface area contributed by atoms with Crippen LogP contribution in [0.1, 0.15) is 62.8 Å². The number of benzene rings is 2. The van der Waals surface area contributed by atoms with E-state index in [0.717, 1.165) is 36.2 Å². The fraction of sp³-hybridized carbons (Fsp3) is 0.435. The maximum atomic E-state index is 15.3. The van der Waals surface area contributed by atoms with Crippen LogP contribution >= 0.6 is 0 Å². The zero-order chi connectivity index (χ0) is 20.9. The van der Waals surface area contributed by atoms with Crippen LogP contribution in [-0.4, -0.2) is 18.5 Å². The van der Waals surface area contributed by atoms with E-state index in [1.807, 2.05) is 13.0 Å². The Bertz CT molecular complexity index is 962. The molecule has 1 N–H and O–H groups in total.